The molecule has 0 N–H and O–H groups in total. The number of rotatable bonds is 2. The molecule has 1 atom stereocenters. The SMILES string of the molecule is COC1(C)CC(=O)N(c2cc(C(F)(F)F)ccn2)C1=O. The van der Waals surface area contributed by atoms with Crippen LogP contribution in [0.25, 0.3) is 0 Å². The van der Waals surface area contributed by atoms with Crippen LogP contribution < -0.4 is 4.90 Å². The van der Waals surface area contributed by atoms with Gasteiger partial charge >= 0.3 is 6.18 Å². The summed E-state index contributed by atoms with van der Waals surface area (Å²) in [5.41, 5.74) is -2.35. The Morgan fingerprint density at radius 2 is 2.05 bits per heavy atom. The molecule has 1 aliphatic rings. The molecule has 0 radical (unpaired) electrons. The molecule has 1 fully saturated rings. The smallest absolute Gasteiger partial charge is 0.368 e. The van der Waals surface area contributed by atoms with Crippen molar-refractivity contribution in [1.29, 1.82) is 0 Å². The summed E-state index contributed by atoms with van der Waals surface area (Å²) in [6, 6.07) is 1.43. The van der Waals surface area contributed by atoms with Crippen molar-refractivity contribution in [2.24, 2.45) is 0 Å². The van der Waals surface area contributed by atoms with Gasteiger partial charge in [-0.05, 0) is 19.1 Å². The minimum Gasteiger partial charge on any atom is -0.368 e. The number of pyridine rings is 1. The van der Waals surface area contributed by atoms with E-state index in [-0.39, 0.29) is 12.2 Å². The predicted octanol–water partition coefficient (Wildman–Crippen LogP) is 1.77. The average Bonchev–Trinajstić information content (AvgIpc) is 2.60. The highest BCUT2D eigenvalue weighted by Gasteiger charge is 2.50. The van der Waals surface area contributed by atoms with Gasteiger partial charge in [-0.1, -0.05) is 0 Å². The van der Waals surface area contributed by atoms with Crippen molar-refractivity contribution < 1.29 is 27.5 Å². The standard InChI is InChI=1S/C12H11F3N2O3/c1-11(20-2)6-9(18)17(10(11)19)8-5-7(3-4-16-8)12(13,14)15/h3-5H,6H2,1-2H3. The lowest BCUT2D eigenvalue weighted by molar-refractivity contribution is -0.138. The summed E-state index contributed by atoms with van der Waals surface area (Å²) in [4.78, 5) is 28.2. The second kappa shape index (κ2) is 4.55. The van der Waals surface area contributed by atoms with Gasteiger partial charge in [-0.25, -0.2) is 9.88 Å². The number of carbonyl (C=O) groups is 2. The molecule has 1 saturated heterocycles. The first-order chi connectivity index (χ1) is 9.19. The molecule has 0 saturated carbocycles. The van der Waals surface area contributed by atoms with E-state index in [1.165, 1.54) is 14.0 Å². The zero-order valence-electron chi connectivity index (χ0n) is 10.7. The molecule has 2 heterocycles. The summed E-state index contributed by atoms with van der Waals surface area (Å²) >= 11 is 0. The minimum absolute atomic E-state index is 0.236. The number of hydrogen-bond donors (Lipinski definition) is 0. The van der Waals surface area contributed by atoms with Crippen molar-refractivity contribution >= 4 is 17.6 Å². The Kier molecular flexibility index (Phi) is 3.29. The van der Waals surface area contributed by atoms with Gasteiger partial charge < -0.3 is 4.74 Å². The predicted molar refractivity (Wildman–Crippen MR) is 61.8 cm³/mol. The van der Waals surface area contributed by atoms with Gasteiger partial charge in [0.1, 0.15) is 5.82 Å². The molecule has 1 aromatic heterocycles. The van der Waals surface area contributed by atoms with Gasteiger partial charge in [0, 0.05) is 13.3 Å². The van der Waals surface area contributed by atoms with E-state index >= 15 is 0 Å². The van der Waals surface area contributed by atoms with Gasteiger partial charge in [-0.15, -0.1) is 0 Å². The van der Waals surface area contributed by atoms with Gasteiger partial charge in [0.25, 0.3) is 5.91 Å². The van der Waals surface area contributed by atoms with E-state index in [9.17, 15) is 22.8 Å². The average molecular weight is 288 g/mol. The third kappa shape index (κ3) is 2.26. The van der Waals surface area contributed by atoms with E-state index in [2.05, 4.69) is 4.98 Å². The highest BCUT2D eigenvalue weighted by Crippen LogP contribution is 2.34. The van der Waals surface area contributed by atoms with Crippen LogP contribution in [-0.2, 0) is 20.5 Å². The number of nitrogens with zero attached hydrogens (tertiary/aromatic N) is 2. The van der Waals surface area contributed by atoms with Crippen molar-refractivity contribution in [3.63, 3.8) is 0 Å². The molecular weight excluding hydrogens is 277 g/mol. The van der Waals surface area contributed by atoms with Crippen LogP contribution in [0.15, 0.2) is 18.3 Å². The first kappa shape index (κ1) is 14.4. The monoisotopic (exact) mass is 288 g/mol. The molecule has 8 heteroatoms. The van der Waals surface area contributed by atoms with Crippen LogP contribution in [0.1, 0.15) is 18.9 Å². The molecule has 2 amide bonds. The Morgan fingerprint density at radius 3 is 2.55 bits per heavy atom. The molecule has 0 aliphatic carbocycles. The lowest BCUT2D eigenvalue weighted by Gasteiger charge is -2.20. The minimum atomic E-state index is -4.58. The first-order valence-corrected chi connectivity index (χ1v) is 5.65. The molecule has 1 aliphatic heterocycles. The molecule has 1 aromatic rings. The number of alkyl halides is 3. The Labute approximate surface area is 112 Å². The Balaban J connectivity index is 2.43. The maximum atomic E-state index is 12.6. The van der Waals surface area contributed by atoms with E-state index in [1.807, 2.05) is 0 Å². The molecule has 108 valence electrons. The quantitative estimate of drug-likeness (QED) is 0.778. The number of ether oxygens (including phenoxy) is 1. The Morgan fingerprint density at radius 1 is 1.40 bits per heavy atom. The number of hydrogen-bond acceptors (Lipinski definition) is 4. The summed E-state index contributed by atoms with van der Waals surface area (Å²) < 4.78 is 42.8. The van der Waals surface area contributed by atoms with E-state index in [0.29, 0.717) is 11.0 Å². The fourth-order valence-corrected chi connectivity index (χ4v) is 1.90. The molecule has 20 heavy (non-hydrogen) atoms. The van der Waals surface area contributed by atoms with Crippen LogP contribution in [0.4, 0.5) is 19.0 Å². The normalized spacial score (nSPS) is 23.6. The van der Waals surface area contributed by atoms with Gasteiger partial charge in [0.05, 0.1) is 12.0 Å². The Bertz CT molecular complexity index is 573. The van der Waals surface area contributed by atoms with E-state index in [4.69, 9.17) is 4.74 Å². The molecule has 0 aromatic carbocycles. The highest BCUT2D eigenvalue weighted by molar-refractivity contribution is 6.23. The first-order valence-electron chi connectivity index (χ1n) is 5.65. The summed E-state index contributed by atoms with van der Waals surface area (Å²) in [7, 11) is 1.26. The van der Waals surface area contributed by atoms with E-state index in [0.717, 1.165) is 12.3 Å². The molecule has 0 spiro atoms. The van der Waals surface area contributed by atoms with Gasteiger partial charge in [0.15, 0.2) is 5.60 Å². The van der Waals surface area contributed by atoms with E-state index in [1.54, 1.807) is 0 Å². The van der Waals surface area contributed by atoms with Gasteiger partial charge in [0.2, 0.25) is 5.91 Å². The second-order valence-electron chi connectivity index (χ2n) is 4.55. The Hall–Kier alpha value is -1.96. The van der Waals surface area contributed by atoms with Gasteiger partial charge in [-0.3, -0.25) is 9.59 Å². The number of amides is 2. The molecular formula is C12H11F3N2O3. The van der Waals surface area contributed by atoms with Crippen LogP contribution in [0.2, 0.25) is 0 Å². The molecule has 5 nitrogen and oxygen atoms in total. The maximum absolute atomic E-state index is 12.6. The highest BCUT2D eigenvalue weighted by atomic mass is 19.4. The van der Waals surface area contributed by atoms with Crippen molar-refractivity contribution in [2.45, 2.75) is 25.1 Å². The largest absolute Gasteiger partial charge is 0.416 e. The van der Waals surface area contributed by atoms with Crippen molar-refractivity contribution in [3.05, 3.63) is 23.9 Å². The maximum Gasteiger partial charge on any atom is 0.416 e. The molecule has 0 bridgehead atoms. The fourth-order valence-electron chi connectivity index (χ4n) is 1.90. The van der Waals surface area contributed by atoms with Crippen molar-refractivity contribution in [2.75, 3.05) is 12.0 Å². The number of anilines is 1. The third-order valence-electron chi connectivity index (χ3n) is 3.15. The number of methoxy groups -OCH3 is 1. The van der Waals surface area contributed by atoms with Crippen LogP contribution in [-0.4, -0.2) is 29.5 Å². The number of carbonyl (C=O) groups excluding carboxylic acids is 2. The zero-order chi connectivity index (χ0) is 15.1. The molecule has 2 rings (SSSR count). The lowest BCUT2D eigenvalue weighted by Crippen LogP contribution is -2.40. The van der Waals surface area contributed by atoms with Crippen LogP contribution in [0.5, 0.6) is 0 Å². The van der Waals surface area contributed by atoms with E-state index < -0.39 is 29.2 Å². The summed E-state index contributed by atoms with van der Waals surface area (Å²) in [6.45, 7) is 1.40. The second-order valence-corrected chi connectivity index (χ2v) is 4.55. The van der Waals surface area contributed by atoms with Crippen molar-refractivity contribution in [3.8, 4) is 0 Å². The number of halogens is 3. The summed E-state index contributed by atoms with van der Waals surface area (Å²) in [5, 5.41) is 0. The van der Waals surface area contributed by atoms with Crippen molar-refractivity contribution in [1.82, 2.24) is 4.98 Å². The van der Waals surface area contributed by atoms with Crippen LogP contribution in [0.3, 0.4) is 0 Å². The number of imide groups is 1. The fraction of sp³-hybridized carbons (Fsp3) is 0.417. The summed E-state index contributed by atoms with van der Waals surface area (Å²) in [6.07, 6.45) is -3.91. The summed E-state index contributed by atoms with van der Waals surface area (Å²) in [5.74, 6) is -1.72. The number of aromatic nitrogens is 1. The molecule has 1 unspecified atom stereocenters. The van der Waals surface area contributed by atoms with Crippen LogP contribution in [0, 0.1) is 0 Å². The topological polar surface area (TPSA) is 59.5 Å². The van der Waals surface area contributed by atoms with Crippen LogP contribution >= 0.6 is 0 Å². The lowest BCUT2D eigenvalue weighted by atomic mass is 10.1. The zero-order valence-corrected chi connectivity index (χ0v) is 10.7. The third-order valence-corrected chi connectivity index (χ3v) is 3.15. The van der Waals surface area contributed by atoms with Gasteiger partial charge in [-0.2, -0.15) is 13.2 Å².